The number of hydrogen-bond acceptors (Lipinski definition) is 6. The molecule has 0 amide bonds. The number of rotatable bonds is 2. The second kappa shape index (κ2) is 5.27. The Morgan fingerprint density at radius 1 is 1.13 bits per heavy atom. The number of nitrogens with zero attached hydrogens (tertiary/aromatic N) is 2. The SMILES string of the molecule is C=O.Nc1ccc([N+](=O)[O-])cc1[N+](=O)[O-]. The second-order valence-electron chi connectivity index (χ2n) is 2.26. The van der Waals surface area contributed by atoms with Crippen LogP contribution < -0.4 is 5.73 Å². The largest absolute Gasteiger partial charge is 0.393 e. The van der Waals surface area contributed by atoms with Gasteiger partial charge in [-0.15, -0.1) is 0 Å². The van der Waals surface area contributed by atoms with E-state index < -0.39 is 15.5 Å². The summed E-state index contributed by atoms with van der Waals surface area (Å²) in [6.07, 6.45) is 0. The topological polar surface area (TPSA) is 129 Å². The van der Waals surface area contributed by atoms with Crippen molar-refractivity contribution in [2.24, 2.45) is 0 Å². The standard InChI is InChI=1S/C6H5N3O4.CH2O/c7-5-2-1-4(8(10)11)3-6(5)9(12)13;1-2/h1-3H,7H2;1H2. The van der Waals surface area contributed by atoms with Crippen LogP contribution in [0, 0.1) is 20.2 Å². The number of carbonyl (C=O) groups is 1. The number of nitrogens with two attached hydrogens (primary N) is 1. The van der Waals surface area contributed by atoms with Gasteiger partial charge in [0.15, 0.2) is 0 Å². The van der Waals surface area contributed by atoms with E-state index in [0.717, 1.165) is 18.2 Å². The monoisotopic (exact) mass is 213 g/mol. The normalized spacial score (nSPS) is 8.53. The molecular weight excluding hydrogens is 206 g/mol. The molecule has 0 saturated carbocycles. The lowest BCUT2D eigenvalue weighted by atomic mass is 10.2. The molecule has 0 fully saturated rings. The Labute approximate surface area is 83.6 Å². The maximum atomic E-state index is 10.3. The number of nitro benzene ring substituents is 2. The molecule has 0 radical (unpaired) electrons. The number of hydrogen-bond donors (Lipinski definition) is 1. The van der Waals surface area contributed by atoms with Crippen LogP contribution in [0.25, 0.3) is 0 Å². The van der Waals surface area contributed by atoms with Gasteiger partial charge in [0, 0.05) is 6.07 Å². The summed E-state index contributed by atoms with van der Waals surface area (Å²) in [6.45, 7) is 2.00. The minimum Gasteiger partial charge on any atom is -0.393 e. The van der Waals surface area contributed by atoms with Gasteiger partial charge in [0.05, 0.1) is 15.9 Å². The molecular formula is C7H7N3O5. The third-order valence-electron chi connectivity index (χ3n) is 1.42. The maximum Gasteiger partial charge on any atom is 0.298 e. The highest BCUT2D eigenvalue weighted by Crippen LogP contribution is 2.25. The van der Waals surface area contributed by atoms with Crippen LogP contribution in [-0.2, 0) is 4.79 Å². The lowest BCUT2D eigenvalue weighted by Crippen LogP contribution is -1.97. The lowest BCUT2D eigenvalue weighted by Gasteiger charge is -1.95. The smallest absolute Gasteiger partial charge is 0.298 e. The molecule has 0 aliphatic heterocycles. The zero-order valence-corrected chi connectivity index (χ0v) is 7.45. The highest BCUT2D eigenvalue weighted by Gasteiger charge is 2.16. The second-order valence-corrected chi connectivity index (χ2v) is 2.26. The molecule has 0 aromatic heterocycles. The summed E-state index contributed by atoms with van der Waals surface area (Å²) in [5.74, 6) is 0. The number of nitrogen functional groups attached to an aromatic ring is 1. The molecule has 1 aromatic rings. The number of nitro groups is 2. The average molecular weight is 213 g/mol. The van der Waals surface area contributed by atoms with Gasteiger partial charge >= 0.3 is 0 Å². The summed E-state index contributed by atoms with van der Waals surface area (Å²) in [5, 5.41) is 20.5. The Hall–Kier alpha value is -2.51. The van der Waals surface area contributed by atoms with Crippen LogP contribution >= 0.6 is 0 Å². The number of benzene rings is 1. The minimum atomic E-state index is -0.762. The van der Waals surface area contributed by atoms with Gasteiger partial charge in [-0.1, -0.05) is 0 Å². The van der Waals surface area contributed by atoms with Crippen molar-refractivity contribution < 1.29 is 14.6 Å². The molecule has 1 aromatic carbocycles. The van der Waals surface area contributed by atoms with Gasteiger partial charge in [-0.2, -0.15) is 0 Å². The van der Waals surface area contributed by atoms with E-state index in [1.54, 1.807) is 0 Å². The molecule has 15 heavy (non-hydrogen) atoms. The number of carbonyl (C=O) groups excluding carboxylic acids is 1. The molecule has 0 unspecified atom stereocenters. The lowest BCUT2D eigenvalue weighted by molar-refractivity contribution is -0.393. The van der Waals surface area contributed by atoms with E-state index >= 15 is 0 Å². The van der Waals surface area contributed by atoms with Crippen LogP contribution in [0.3, 0.4) is 0 Å². The van der Waals surface area contributed by atoms with Crippen molar-refractivity contribution in [1.82, 2.24) is 0 Å². The van der Waals surface area contributed by atoms with E-state index in [2.05, 4.69) is 0 Å². The quantitative estimate of drug-likeness (QED) is 0.441. The molecule has 0 heterocycles. The van der Waals surface area contributed by atoms with Gasteiger partial charge in [-0.25, -0.2) is 0 Å². The Morgan fingerprint density at radius 2 is 1.67 bits per heavy atom. The molecule has 8 nitrogen and oxygen atoms in total. The van der Waals surface area contributed by atoms with Crippen LogP contribution in [0.1, 0.15) is 0 Å². The summed E-state index contributed by atoms with van der Waals surface area (Å²) in [6, 6.07) is 3.08. The van der Waals surface area contributed by atoms with Crippen molar-refractivity contribution in [2.45, 2.75) is 0 Å². The number of anilines is 1. The Morgan fingerprint density at radius 3 is 2.07 bits per heavy atom. The van der Waals surface area contributed by atoms with E-state index in [1.165, 1.54) is 0 Å². The summed E-state index contributed by atoms with van der Waals surface area (Å²) in [5.41, 5.74) is 4.34. The van der Waals surface area contributed by atoms with Crippen LogP contribution in [0.5, 0.6) is 0 Å². The predicted molar refractivity (Wildman–Crippen MR) is 51.3 cm³/mol. The van der Waals surface area contributed by atoms with Gasteiger partial charge in [0.25, 0.3) is 11.4 Å². The number of non-ortho nitro benzene ring substituents is 1. The molecule has 0 aliphatic carbocycles. The van der Waals surface area contributed by atoms with Gasteiger partial charge in [-0.05, 0) is 6.07 Å². The van der Waals surface area contributed by atoms with Gasteiger partial charge < -0.3 is 10.5 Å². The molecule has 1 rings (SSSR count). The minimum absolute atomic E-state index is 0.0874. The summed E-state index contributed by atoms with van der Waals surface area (Å²) in [7, 11) is 0. The van der Waals surface area contributed by atoms with Crippen LogP contribution in [0.4, 0.5) is 17.1 Å². The third kappa shape index (κ3) is 3.03. The van der Waals surface area contributed by atoms with Crippen LogP contribution in [0.2, 0.25) is 0 Å². The summed E-state index contributed by atoms with van der Waals surface area (Å²) < 4.78 is 0. The first-order chi connectivity index (χ1) is 7.02. The van der Waals surface area contributed by atoms with Crippen LogP contribution in [0.15, 0.2) is 18.2 Å². The van der Waals surface area contributed by atoms with Crippen molar-refractivity contribution in [3.05, 3.63) is 38.4 Å². The molecule has 0 bridgehead atoms. The van der Waals surface area contributed by atoms with Crippen molar-refractivity contribution in [2.75, 3.05) is 5.73 Å². The zero-order chi connectivity index (χ0) is 12.0. The van der Waals surface area contributed by atoms with Crippen LogP contribution in [-0.4, -0.2) is 16.6 Å². The first-order valence-electron chi connectivity index (χ1n) is 3.49. The summed E-state index contributed by atoms with van der Waals surface area (Å²) in [4.78, 5) is 27.1. The van der Waals surface area contributed by atoms with E-state index in [-0.39, 0.29) is 11.4 Å². The molecule has 80 valence electrons. The highest BCUT2D eigenvalue weighted by atomic mass is 16.6. The first-order valence-corrected chi connectivity index (χ1v) is 3.49. The van der Waals surface area contributed by atoms with E-state index in [0.29, 0.717) is 0 Å². The van der Waals surface area contributed by atoms with Crippen molar-refractivity contribution in [3.8, 4) is 0 Å². The Kier molecular flexibility index (Phi) is 4.39. The molecule has 0 saturated heterocycles. The summed E-state index contributed by atoms with van der Waals surface area (Å²) >= 11 is 0. The fourth-order valence-electron chi connectivity index (χ4n) is 0.804. The maximum absolute atomic E-state index is 10.3. The fourth-order valence-corrected chi connectivity index (χ4v) is 0.804. The Balaban J connectivity index is 0.000000921. The molecule has 2 N–H and O–H groups in total. The van der Waals surface area contributed by atoms with Gasteiger partial charge in [0.2, 0.25) is 0 Å². The predicted octanol–water partition coefficient (Wildman–Crippen LogP) is 0.900. The van der Waals surface area contributed by atoms with E-state index in [9.17, 15) is 20.2 Å². The highest BCUT2D eigenvalue weighted by molar-refractivity contribution is 5.62. The van der Waals surface area contributed by atoms with Crippen molar-refractivity contribution in [1.29, 1.82) is 0 Å². The van der Waals surface area contributed by atoms with Crippen molar-refractivity contribution >= 4 is 23.9 Å². The third-order valence-corrected chi connectivity index (χ3v) is 1.42. The first kappa shape index (κ1) is 12.5. The van der Waals surface area contributed by atoms with E-state index in [1.807, 2.05) is 6.79 Å². The molecule has 0 spiro atoms. The van der Waals surface area contributed by atoms with Gasteiger partial charge in [-0.3, -0.25) is 20.2 Å². The average Bonchev–Trinajstić information content (AvgIpc) is 2.20. The van der Waals surface area contributed by atoms with E-state index in [4.69, 9.17) is 10.5 Å². The zero-order valence-electron chi connectivity index (χ0n) is 7.45. The Bertz CT molecular complexity index is 392. The molecule has 8 heteroatoms. The van der Waals surface area contributed by atoms with Gasteiger partial charge in [0.1, 0.15) is 12.5 Å². The van der Waals surface area contributed by atoms with Crippen molar-refractivity contribution in [3.63, 3.8) is 0 Å². The molecule has 0 aliphatic rings. The fraction of sp³-hybridized carbons (Fsp3) is 0. The molecule has 0 atom stereocenters.